The number of aromatic nitrogens is 3. The van der Waals surface area contributed by atoms with Gasteiger partial charge < -0.3 is 5.32 Å². The minimum absolute atomic E-state index is 0.102. The number of carbonyl (C=O) groups is 1. The van der Waals surface area contributed by atoms with Crippen LogP contribution in [0.1, 0.15) is 31.4 Å². The van der Waals surface area contributed by atoms with E-state index < -0.39 is 0 Å². The lowest BCUT2D eigenvalue weighted by Gasteiger charge is -2.10. The van der Waals surface area contributed by atoms with Gasteiger partial charge in [-0.15, -0.1) is 0 Å². The van der Waals surface area contributed by atoms with Crippen molar-refractivity contribution in [2.75, 3.05) is 5.32 Å². The Hall–Kier alpha value is -2.21. The van der Waals surface area contributed by atoms with Crippen molar-refractivity contribution in [2.45, 2.75) is 32.6 Å². The Morgan fingerprint density at radius 3 is 2.87 bits per heavy atom. The van der Waals surface area contributed by atoms with Crippen LogP contribution in [0.4, 0.5) is 5.82 Å². The summed E-state index contributed by atoms with van der Waals surface area (Å²) in [5.41, 5.74) is 1.82. The summed E-state index contributed by atoms with van der Waals surface area (Å²) in [6.45, 7) is 1.93. The molecule has 0 bridgehead atoms. The number of benzene rings is 1. The van der Waals surface area contributed by atoms with E-state index in [9.17, 15) is 4.79 Å². The van der Waals surface area contributed by atoms with Crippen LogP contribution in [-0.4, -0.2) is 20.7 Å². The molecule has 2 aromatic heterocycles. The van der Waals surface area contributed by atoms with Gasteiger partial charge in [-0.3, -0.25) is 4.79 Å². The Morgan fingerprint density at radius 1 is 1.30 bits per heavy atom. The van der Waals surface area contributed by atoms with E-state index in [4.69, 9.17) is 0 Å². The van der Waals surface area contributed by atoms with Crippen LogP contribution in [0.2, 0.25) is 0 Å². The fraction of sp³-hybridized carbons (Fsp3) is 0.353. The summed E-state index contributed by atoms with van der Waals surface area (Å²) in [4.78, 5) is 17.0. The van der Waals surface area contributed by atoms with Gasteiger partial charge >= 0.3 is 0 Å². The van der Waals surface area contributed by atoms with E-state index in [1.807, 2.05) is 37.3 Å². The number of aryl methyl sites for hydroxylation is 1. The lowest BCUT2D eigenvalue weighted by molar-refractivity contribution is -0.119. The van der Waals surface area contributed by atoms with Crippen LogP contribution in [0.3, 0.4) is 0 Å². The van der Waals surface area contributed by atoms with Crippen LogP contribution in [0.5, 0.6) is 0 Å². The summed E-state index contributed by atoms with van der Waals surface area (Å²) < 4.78 is 2.86. The zero-order valence-electron chi connectivity index (χ0n) is 13.0. The molecule has 2 heterocycles. The van der Waals surface area contributed by atoms with Crippen molar-refractivity contribution in [3.05, 3.63) is 36.0 Å². The minimum atomic E-state index is 0.102. The molecule has 3 aromatic rings. The molecule has 0 radical (unpaired) electrons. The van der Waals surface area contributed by atoms with Gasteiger partial charge in [-0.1, -0.05) is 36.3 Å². The molecule has 1 saturated carbocycles. The van der Waals surface area contributed by atoms with Crippen LogP contribution in [-0.2, 0) is 4.79 Å². The number of fused-ring (bicyclic) bond motifs is 1. The second kappa shape index (κ2) is 5.77. The van der Waals surface area contributed by atoms with Gasteiger partial charge in [-0.25, -0.2) is 4.98 Å². The van der Waals surface area contributed by atoms with E-state index in [1.165, 1.54) is 0 Å². The number of amides is 1. The normalized spacial score (nSPS) is 15.3. The van der Waals surface area contributed by atoms with Crippen LogP contribution in [0, 0.1) is 12.8 Å². The molecule has 1 amide bonds. The number of para-hydroxylation sites is 1. The highest BCUT2D eigenvalue weighted by Crippen LogP contribution is 2.29. The molecule has 0 atom stereocenters. The van der Waals surface area contributed by atoms with Crippen molar-refractivity contribution in [3.63, 3.8) is 0 Å². The monoisotopic (exact) mass is 326 g/mol. The van der Waals surface area contributed by atoms with E-state index in [0.717, 1.165) is 46.7 Å². The third kappa shape index (κ3) is 2.74. The van der Waals surface area contributed by atoms with E-state index in [-0.39, 0.29) is 11.8 Å². The molecule has 5 nitrogen and oxygen atoms in total. The number of thiazole rings is 1. The van der Waals surface area contributed by atoms with Gasteiger partial charge in [-0.2, -0.15) is 9.78 Å². The Bertz CT molecular complexity index is 827. The molecule has 0 spiro atoms. The lowest BCUT2D eigenvalue weighted by Crippen LogP contribution is -2.22. The number of nitrogens with zero attached hydrogens (tertiary/aromatic N) is 3. The maximum atomic E-state index is 12.4. The number of hydrogen-bond acceptors (Lipinski definition) is 4. The smallest absolute Gasteiger partial charge is 0.228 e. The largest absolute Gasteiger partial charge is 0.310 e. The van der Waals surface area contributed by atoms with Crippen molar-refractivity contribution < 1.29 is 4.79 Å². The van der Waals surface area contributed by atoms with Crippen molar-refractivity contribution >= 4 is 33.3 Å². The Kier molecular flexibility index (Phi) is 3.61. The molecule has 1 aromatic carbocycles. The predicted octanol–water partition coefficient (Wildman–Crippen LogP) is 3.92. The van der Waals surface area contributed by atoms with E-state index in [2.05, 4.69) is 15.4 Å². The fourth-order valence-electron chi connectivity index (χ4n) is 3.10. The lowest BCUT2D eigenvalue weighted by atomic mass is 10.1. The minimum Gasteiger partial charge on any atom is -0.310 e. The van der Waals surface area contributed by atoms with Gasteiger partial charge in [0.05, 0.1) is 15.9 Å². The molecule has 0 unspecified atom stereocenters. The molecule has 4 rings (SSSR count). The van der Waals surface area contributed by atoms with E-state index in [0.29, 0.717) is 5.82 Å². The number of hydrogen-bond donors (Lipinski definition) is 1. The molecule has 0 aliphatic heterocycles. The van der Waals surface area contributed by atoms with Crippen molar-refractivity contribution in [1.82, 2.24) is 14.8 Å². The van der Waals surface area contributed by atoms with Gasteiger partial charge in [-0.05, 0) is 31.9 Å². The molecular weight excluding hydrogens is 308 g/mol. The molecular formula is C17H18N4OS. The van der Waals surface area contributed by atoms with Crippen molar-refractivity contribution in [3.8, 4) is 5.13 Å². The average molecular weight is 326 g/mol. The first-order valence-electron chi connectivity index (χ1n) is 7.94. The van der Waals surface area contributed by atoms with E-state index >= 15 is 0 Å². The van der Waals surface area contributed by atoms with Crippen molar-refractivity contribution in [2.24, 2.45) is 5.92 Å². The molecule has 0 saturated heterocycles. The highest BCUT2D eigenvalue weighted by Gasteiger charge is 2.24. The van der Waals surface area contributed by atoms with Crippen LogP contribution < -0.4 is 5.32 Å². The van der Waals surface area contributed by atoms with E-state index in [1.54, 1.807) is 16.0 Å². The number of rotatable bonds is 3. The summed E-state index contributed by atoms with van der Waals surface area (Å²) in [5, 5.41) is 8.33. The second-order valence-corrected chi connectivity index (χ2v) is 7.03. The maximum absolute atomic E-state index is 12.4. The molecule has 1 N–H and O–H groups in total. The molecule has 1 aliphatic rings. The summed E-state index contributed by atoms with van der Waals surface area (Å²) >= 11 is 1.58. The van der Waals surface area contributed by atoms with Crippen LogP contribution >= 0.6 is 11.3 Å². The number of anilines is 1. The highest BCUT2D eigenvalue weighted by molar-refractivity contribution is 7.20. The van der Waals surface area contributed by atoms with Crippen LogP contribution in [0.25, 0.3) is 15.3 Å². The summed E-state index contributed by atoms with van der Waals surface area (Å²) in [6, 6.07) is 9.91. The molecule has 6 heteroatoms. The third-order valence-electron chi connectivity index (χ3n) is 4.27. The number of nitrogens with one attached hydrogen (secondary N) is 1. The SMILES string of the molecule is Cc1cc(NC(=O)C2CCCC2)n(-c2nc3ccccc3s2)n1. The molecule has 118 valence electrons. The third-order valence-corrected chi connectivity index (χ3v) is 5.28. The van der Waals surface area contributed by atoms with Gasteiger partial charge in [0, 0.05) is 12.0 Å². The quantitative estimate of drug-likeness (QED) is 0.793. The summed E-state index contributed by atoms with van der Waals surface area (Å²) in [7, 11) is 0. The van der Waals surface area contributed by atoms with Gasteiger partial charge in [0.25, 0.3) is 0 Å². The fourth-order valence-corrected chi connectivity index (χ4v) is 4.03. The molecule has 1 aliphatic carbocycles. The number of carbonyl (C=O) groups excluding carboxylic acids is 1. The Balaban J connectivity index is 1.67. The van der Waals surface area contributed by atoms with Gasteiger partial charge in [0.1, 0.15) is 5.82 Å². The van der Waals surface area contributed by atoms with Crippen LogP contribution in [0.15, 0.2) is 30.3 Å². The highest BCUT2D eigenvalue weighted by atomic mass is 32.1. The zero-order chi connectivity index (χ0) is 15.8. The predicted molar refractivity (Wildman–Crippen MR) is 92.1 cm³/mol. The van der Waals surface area contributed by atoms with Gasteiger partial charge in [0.15, 0.2) is 0 Å². The second-order valence-electron chi connectivity index (χ2n) is 6.02. The zero-order valence-corrected chi connectivity index (χ0v) is 13.8. The topological polar surface area (TPSA) is 59.8 Å². The van der Waals surface area contributed by atoms with Gasteiger partial charge in [0.2, 0.25) is 11.0 Å². The first-order chi connectivity index (χ1) is 11.2. The van der Waals surface area contributed by atoms with Crippen molar-refractivity contribution in [1.29, 1.82) is 0 Å². The summed E-state index contributed by atoms with van der Waals surface area (Å²) in [6.07, 6.45) is 4.27. The standard InChI is InChI=1S/C17H18N4OS/c1-11-10-15(19-16(22)12-6-2-3-7-12)21(20-11)17-18-13-8-4-5-9-14(13)23-17/h4-5,8-10,12H,2-3,6-7H2,1H3,(H,19,22). The maximum Gasteiger partial charge on any atom is 0.228 e. The molecule has 1 fully saturated rings. The Labute approximate surface area is 138 Å². The first-order valence-corrected chi connectivity index (χ1v) is 8.76. The molecule has 23 heavy (non-hydrogen) atoms. The average Bonchev–Trinajstić information content (AvgIpc) is 3.25. The summed E-state index contributed by atoms with van der Waals surface area (Å²) in [5.74, 6) is 0.942. The first kappa shape index (κ1) is 14.4. The Morgan fingerprint density at radius 2 is 2.09 bits per heavy atom.